The molecule has 0 radical (unpaired) electrons. The van der Waals surface area contributed by atoms with Crippen LogP contribution in [0.25, 0.3) is 0 Å². The lowest BCUT2D eigenvalue weighted by atomic mass is 10.1. The fourth-order valence-corrected chi connectivity index (χ4v) is 3.76. The van der Waals surface area contributed by atoms with Crippen LogP contribution < -0.4 is 9.47 Å². The summed E-state index contributed by atoms with van der Waals surface area (Å²) < 4.78 is 28.6. The Morgan fingerprint density at radius 3 is 2.92 bits per heavy atom. The van der Waals surface area contributed by atoms with Crippen molar-refractivity contribution in [2.75, 3.05) is 20.8 Å². The van der Waals surface area contributed by atoms with Crippen LogP contribution in [0.5, 0.6) is 11.6 Å². The normalized spacial score (nSPS) is 17.4. The van der Waals surface area contributed by atoms with Crippen molar-refractivity contribution in [1.82, 2.24) is 15.0 Å². The molecule has 2 aromatic heterocycles. The van der Waals surface area contributed by atoms with Gasteiger partial charge in [0.05, 0.1) is 35.6 Å². The fourth-order valence-electron chi connectivity index (χ4n) is 2.70. The summed E-state index contributed by atoms with van der Waals surface area (Å²) in [6, 6.07) is 0. The third-order valence-corrected chi connectivity index (χ3v) is 5.22. The van der Waals surface area contributed by atoms with E-state index in [1.807, 2.05) is 13.1 Å². The number of aromatic nitrogens is 3. The summed E-state index contributed by atoms with van der Waals surface area (Å²) >= 11 is 0. The molecule has 0 fully saturated rings. The Labute approximate surface area is 143 Å². The molecule has 3 heterocycles. The molecular weight excluding hydrogens is 330 g/mol. The Hall–Kier alpha value is -1.93. The highest BCUT2D eigenvalue weighted by molar-refractivity contribution is 7.84. The second-order valence-electron chi connectivity index (χ2n) is 5.66. The van der Waals surface area contributed by atoms with Crippen LogP contribution in [0.1, 0.15) is 23.2 Å². The largest absolute Gasteiger partial charge is 0.489 e. The molecule has 8 heteroatoms. The predicted octanol–water partition coefficient (Wildman–Crippen LogP) is 1.77. The van der Waals surface area contributed by atoms with Crippen LogP contribution in [-0.4, -0.2) is 46.1 Å². The van der Waals surface area contributed by atoms with Gasteiger partial charge in [0.15, 0.2) is 5.16 Å². The number of hydrogen-bond acceptors (Lipinski definition) is 6. The van der Waals surface area contributed by atoms with E-state index in [1.54, 1.807) is 7.11 Å². The zero-order valence-electron chi connectivity index (χ0n) is 14.0. The number of methoxy groups -OCH3 is 2. The molecule has 130 valence electrons. The van der Waals surface area contributed by atoms with Crippen molar-refractivity contribution in [3.63, 3.8) is 0 Å². The molecule has 0 amide bonds. The van der Waals surface area contributed by atoms with Crippen molar-refractivity contribution < 1.29 is 18.4 Å². The van der Waals surface area contributed by atoms with E-state index in [4.69, 9.17) is 14.2 Å². The molecular formula is C16H21N3O4S. The van der Waals surface area contributed by atoms with Gasteiger partial charge in [-0.2, -0.15) is 0 Å². The van der Waals surface area contributed by atoms with Gasteiger partial charge in [0.2, 0.25) is 5.88 Å². The first-order chi connectivity index (χ1) is 11.6. The Balaban J connectivity index is 1.73. The SMILES string of the molecule is COCCC1Cc2cnc(CS(=O)c3ncc(OC)[nH]3)c(C)c2O1. The first-order valence-electron chi connectivity index (χ1n) is 7.72. The van der Waals surface area contributed by atoms with Gasteiger partial charge in [0.25, 0.3) is 0 Å². The molecule has 0 spiro atoms. The molecule has 24 heavy (non-hydrogen) atoms. The number of ether oxygens (including phenoxy) is 3. The molecule has 2 aromatic rings. The van der Waals surface area contributed by atoms with E-state index in [2.05, 4.69) is 15.0 Å². The summed E-state index contributed by atoms with van der Waals surface area (Å²) in [5.74, 6) is 1.64. The van der Waals surface area contributed by atoms with Crippen LogP contribution in [0, 0.1) is 6.92 Å². The molecule has 1 N–H and O–H groups in total. The van der Waals surface area contributed by atoms with Gasteiger partial charge in [-0.3, -0.25) is 9.19 Å². The molecule has 2 unspecified atom stereocenters. The highest BCUT2D eigenvalue weighted by Crippen LogP contribution is 2.34. The summed E-state index contributed by atoms with van der Waals surface area (Å²) in [6.07, 6.45) is 5.14. The van der Waals surface area contributed by atoms with Crippen LogP contribution >= 0.6 is 0 Å². The third kappa shape index (κ3) is 3.44. The number of rotatable bonds is 7. The first kappa shape index (κ1) is 16.9. The lowest BCUT2D eigenvalue weighted by Gasteiger charge is -2.12. The van der Waals surface area contributed by atoms with Gasteiger partial charge >= 0.3 is 0 Å². The van der Waals surface area contributed by atoms with E-state index >= 15 is 0 Å². The summed E-state index contributed by atoms with van der Waals surface area (Å²) in [7, 11) is 1.90. The lowest BCUT2D eigenvalue weighted by molar-refractivity contribution is 0.138. The number of nitrogens with zero attached hydrogens (tertiary/aromatic N) is 2. The minimum Gasteiger partial charge on any atom is -0.489 e. The second-order valence-corrected chi connectivity index (χ2v) is 7.02. The molecule has 0 bridgehead atoms. The predicted molar refractivity (Wildman–Crippen MR) is 88.8 cm³/mol. The number of imidazole rings is 1. The van der Waals surface area contributed by atoms with Gasteiger partial charge in [-0.25, -0.2) is 4.98 Å². The first-order valence-corrected chi connectivity index (χ1v) is 9.04. The Morgan fingerprint density at radius 1 is 1.38 bits per heavy atom. The van der Waals surface area contributed by atoms with E-state index in [-0.39, 0.29) is 11.9 Å². The molecule has 2 atom stereocenters. The van der Waals surface area contributed by atoms with Crippen molar-refractivity contribution in [3.8, 4) is 11.6 Å². The third-order valence-electron chi connectivity index (χ3n) is 4.05. The molecule has 1 aliphatic heterocycles. The summed E-state index contributed by atoms with van der Waals surface area (Å²) in [6.45, 7) is 2.63. The number of aromatic amines is 1. The highest BCUT2D eigenvalue weighted by atomic mass is 32.2. The second kappa shape index (κ2) is 7.31. The van der Waals surface area contributed by atoms with Crippen molar-refractivity contribution in [2.45, 2.75) is 36.8 Å². The summed E-state index contributed by atoms with van der Waals surface area (Å²) in [4.78, 5) is 11.4. The van der Waals surface area contributed by atoms with E-state index in [1.165, 1.54) is 13.3 Å². The number of nitrogens with one attached hydrogen (secondary N) is 1. The van der Waals surface area contributed by atoms with Crippen LogP contribution in [0.4, 0.5) is 0 Å². The number of H-pyrrole nitrogens is 1. The van der Waals surface area contributed by atoms with E-state index in [9.17, 15) is 4.21 Å². The molecule has 0 saturated heterocycles. The lowest BCUT2D eigenvalue weighted by Crippen LogP contribution is -2.15. The smallest absolute Gasteiger partial charge is 0.211 e. The molecule has 1 aliphatic rings. The maximum absolute atomic E-state index is 12.5. The van der Waals surface area contributed by atoms with Gasteiger partial charge in [-0.15, -0.1) is 0 Å². The fraction of sp³-hybridized carbons (Fsp3) is 0.500. The summed E-state index contributed by atoms with van der Waals surface area (Å²) in [5.41, 5.74) is 2.80. The molecule has 0 aromatic carbocycles. The molecule has 0 aliphatic carbocycles. The summed E-state index contributed by atoms with van der Waals surface area (Å²) in [5, 5.41) is 0.382. The van der Waals surface area contributed by atoms with Gasteiger partial charge < -0.3 is 19.2 Å². The van der Waals surface area contributed by atoms with Crippen LogP contribution in [0.15, 0.2) is 17.6 Å². The highest BCUT2D eigenvalue weighted by Gasteiger charge is 2.26. The number of hydrogen-bond donors (Lipinski definition) is 1. The maximum atomic E-state index is 12.5. The van der Waals surface area contributed by atoms with E-state index < -0.39 is 10.8 Å². The van der Waals surface area contributed by atoms with Gasteiger partial charge in [0.1, 0.15) is 11.9 Å². The topological polar surface area (TPSA) is 86.3 Å². The van der Waals surface area contributed by atoms with Gasteiger partial charge in [-0.05, 0) is 6.92 Å². The van der Waals surface area contributed by atoms with Crippen molar-refractivity contribution in [3.05, 3.63) is 29.2 Å². The van der Waals surface area contributed by atoms with Gasteiger partial charge in [0, 0.05) is 43.9 Å². The quantitative estimate of drug-likeness (QED) is 0.818. The average Bonchev–Trinajstić information content (AvgIpc) is 3.22. The standard InChI is InChI=1S/C16H21N3O4S/c1-10-13(9-24(20)16-18-8-14(19-16)22-3)17-7-11-6-12(4-5-21-2)23-15(10)11/h7-8,12H,4-6,9H2,1-3H3,(H,18,19). The van der Waals surface area contributed by atoms with Crippen LogP contribution in [0.3, 0.4) is 0 Å². The van der Waals surface area contributed by atoms with Gasteiger partial charge in [-0.1, -0.05) is 0 Å². The molecule has 7 nitrogen and oxygen atoms in total. The Bertz CT molecular complexity index is 747. The van der Waals surface area contributed by atoms with E-state index in [0.29, 0.717) is 17.6 Å². The van der Waals surface area contributed by atoms with Crippen molar-refractivity contribution in [1.29, 1.82) is 0 Å². The zero-order chi connectivity index (χ0) is 17.1. The Kier molecular flexibility index (Phi) is 5.15. The monoisotopic (exact) mass is 351 g/mol. The minimum absolute atomic E-state index is 0.121. The zero-order valence-corrected chi connectivity index (χ0v) is 14.8. The maximum Gasteiger partial charge on any atom is 0.211 e. The average molecular weight is 351 g/mol. The van der Waals surface area contributed by atoms with E-state index in [0.717, 1.165) is 35.4 Å². The minimum atomic E-state index is -1.32. The molecule has 3 rings (SSSR count). The van der Waals surface area contributed by atoms with Crippen LogP contribution in [0.2, 0.25) is 0 Å². The number of fused-ring (bicyclic) bond motifs is 1. The van der Waals surface area contributed by atoms with Crippen molar-refractivity contribution in [2.24, 2.45) is 0 Å². The van der Waals surface area contributed by atoms with Crippen molar-refractivity contribution >= 4 is 10.8 Å². The molecule has 0 saturated carbocycles. The Morgan fingerprint density at radius 2 is 2.21 bits per heavy atom. The van der Waals surface area contributed by atoms with Crippen LogP contribution in [-0.2, 0) is 27.7 Å². The number of pyridine rings is 1.